The average molecular weight is 326 g/mol. The number of sulfonamides is 1. The lowest BCUT2D eigenvalue weighted by atomic mass is 9.80. The molecule has 7 nitrogen and oxygen atoms in total. The molecule has 3 rings (SSSR count). The number of aromatic nitrogens is 2. The van der Waals surface area contributed by atoms with Gasteiger partial charge in [-0.3, -0.25) is 4.79 Å². The molecule has 1 aromatic rings. The third kappa shape index (κ3) is 2.34. The molecule has 1 N–H and O–H groups in total. The van der Waals surface area contributed by atoms with Gasteiger partial charge in [0.25, 0.3) is 10.0 Å². The lowest BCUT2D eigenvalue weighted by molar-refractivity contribution is -0.120. The highest BCUT2D eigenvalue weighted by Crippen LogP contribution is 2.39. The van der Waals surface area contributed by atoms with Crippen molar-refractivity contribution in [1.82, 2.24) is 19.2 Å². The number of hydrogen-bond acceptors (Lipinski definition) is 4. The van der Waals surface area contributed by atoms with Crippen molar-refractivity contribution in [3.8, 4) is 0 Å². The van der Waals surface area contributed by atoms with Crippen molar-refractivity contribution in [1.29, 1.82) is 0 Å². The van der Waals surface area contributed by atoms with Gasteiger partial charge in [0.05, 0.1) is 11.9 Å². The van der Waals surface area contributed by atoms with Gasteiger partial charge in [-0.25, -0.2) is 13.4 Å². The van der Waals surface area contributed by atoms with E-state index in [9.17, 15) is 13.2 Å². The molecule has 0 radical (unpaired) electrons. The monoisotopic (exact) mass is 326 g/mol. The van der Waals surface area contributed by atoms with Crippen LogP contribution in [0, 0.1) is 0 Å². The quantitative estimate of drug-likeness (QED) is 0.883. The largest absolute Gasteiger partial charge is 0.349 e. The van der Waals surface area contributed by atoms with Crippen LogP contribution in [0.3, 0.4) is 0 Å². The van der Waals surface area contributed by atoms with Crippen LogP contribution in [-0.2, 0) is 21.9 Å². The summed E-state index contributed by atoms with van der Waals surface area (Å²) < 4.78 is 29.0. The molecule has 2 fully saturated rings. The van der Waals surface area contributed by atoms with Gasteiger partial charge >= 0.3 is 0 Å². The number of imidazole rings is 1. The summed E-state index contributed by atoms with van der Waals surface area (Å²) in [4.78, 5) is 15.7. The third-order valence-electron chi connectivity index (χ3n) is 4.81. The summed E-state index contributed by atoms with van der Waals surface area (Å²) in [6.45, 7) is 2.46. The van der Waals surface area contributed by atoms with Crippen molar-refractivity contribution in [2.75, 3.05) is 6.54 Å². The number of aryl methyl sites for hydroxylation is 1. The Morgan fingerprint density at radius 1 is 1.45 bits per heavy atom. The molecular weight excluding hydrogens is 304 g/mol. The average Bonchev–Trinajstić information content (AvgIpc) is 3.06. The summed E-state index contributed by atoms with van der Waals surface area (Å²) in [7, 11) is -1.89. The van der Waals surface area contributed by atoms with E-state index >= 15 is 0 Å². The maximum absolute atomic E-state index is 12.9. The Morgan fingerprint density at radius 3 is 2.77 bits per heavy atom. The Labute approximate surface area is 130 Å². The van der Waals surface area contributed by atoms with Gasteiger partial charge in [0.2, 0.25) is 5.91 Å². The van der Waals surface area contributed by atoms with E-state index in [2.05, 4.69) is 10.3 Å². The number of piperidine rings is 1. The van der Waals surface area contributed by atoms with E-state index in [-0.39, 0.29) is 17.0 Å². The number of carbonyl (C=O) groups excluding carboxylic acids is 1. The molecule has 0 aliphatic carbocycles. The minimum atomic E-state index is -3.63. The lowest BCUT2D eigenvalue weighted by Gasteiger charge is -2.46. The Balaban J connectivity index is 1.97. The van der Waals surface area contributed by atoms with Gasteiger partial charge in [-0.2, -0.15) is 4.31 Å². The van der Waals surface area contributed by atoms with Crippen molar-refractivity contribution >= 4 is 15.9 Å². The molecule has 2 aliphatic rings. The molecule has 122 valence electrons. The molecule has 2 saturated heterocycles. The van der Waals surface area contributed by atoms with Crippen LogP contribution in [0.15, 0.2) is 17.6 Å². The van der Waals surface area contributed by atoms with E-state index in [1.807, 2.05) is 6.92 Å². The van der Waals surface area contributed by atoms with Crippen LogP contribution < -0.4 is 5.32 Å². The second kappa shape index (κ2) is 5.34. The number of nitrogens with zero attached hydrogens (tertiary/aromatic N) is 3. The van der Waals surface area contributed by atoms with Gasteiger partial charge in [-0.05, 0) is 25.7 Å². The summed E-state index contributed by atoms with van der Waals surface area (Å²) in [6, 6.07) is -0.209. The normalized spacial score (nSPS) is 29.9. The van der Waals surface area contributed by atoms with Crippen LogP contribution in [-0.4, -0.2) is 46.3 Å². The van der Waals surface area contributed by atoms with E-state index in [0.29, 0.717) is 25.8 Å². The van der Waals surface area contributed by atoms with Gasteiger partial charge in [0.1, 0.15) is 0 Å². The van der Waals surface area contributed by atoms with Crippen molar-refractivity contribution in [2.24, 2.45) is 7.05 Å². The van der Waals surface area contributed by atoms with E-state index in [1.165, 1.54) is 12.5 Å². The van der Waals surface area contributed by atoms with Crippen molar-refractivity contribution < 1.29 is 13.2 Å². The molecule has 2 aliphatic heterocycles. The molecule has 1 spiro atoms. The SMILES string of the molecule is CC[C@@H]1N(S(=O)(=O)c2cn(C)cn2)CCC[C@]12CCC(=O)N2. The molecule has 8 heteroatoms. The van der Waals surface area contributed by atoms with Crippen molar-refractivity contribution in [3.05, 3.63) is 12.5 Å². The Hall–Kier alpha value is -1.41. The summed E-state index contributed by atoms with van der Waals surface area (Å²) in [5.74, 6) is 0.0236. The van der Waals surface area contributed by atoms with Gasteiger partial charge in [-0.1, -0.05) is 6.92 Å². The fourth-order valence-corrected chi connectivity index (χ4v) is 5.62. The summed E-state index contributed by atoms with van der Waals surface area (Å²) in [6.07, 6.45) is 6.47. The zero-order valence-corrected chi connectivity index (χ0v) is 13.8. The van der Waals surface area contributed by atoms with Crippen molar-refractivity contribution in [3.63, 3.8) is 0 Å². The Bertz CT molecular complexity index is 684. The predicted molar refractivity (Wildman–Crippen MR) is 80.5 cm³/mol. The van der Waals surface area contributed by atoms with Crippen LogP contribution in [0.25, 0.3) is 0 Å². The van der Waals surface area contributed by atoms with E-state index < -0.39 is 15.6 Å². The van der Waals surface area contributed by atoms with Crippen LogP contribution in [0.1, 0.15) is 39.0 Å². The predicted octanol–water partition coefficient (Wildman–Crippen LogP) is 0.632. The maximum atomic E-state index is 12.9. The van der Waals surface area contributed by atoms with Crippen LogP contribution in [0.2, 0.25) is 0 Å². The molecule has 3 heterocycles. The molecule has 1 aromatic heterocycles. The highest BCUT2D eigenvalue weighted by Gasteiger charge is 2.51. The van der Waals surface area contributed by atoms with Crippen LogP contribution >= 0.6 is 0 Å². The molecule has 2 atom stereocenters. The number of carbonyl (C=O) groups is 1. The van der Waals surface area contributed by atoms with Gasteiger partial charge in [-0.15, -0.1) is 0 Å². The highest BCUT2D eigenvalue weighted by molar-refractivity contribution is 7.89. The minimum absolute atomic E-state index is 0.0236. The molecule has 0 saturated carbocycles. The van der Waals surface area contributed by atoms with Crippen molar-refractivity contribution in [2.45, 2.75) is 55.6 Å². The number of hydrogen-bond donors (Lipinski definition) is 1. The molecule has 0 unspecified atom stereocenters. The zero-order chi connectivity index (χ0) is 16.0. The number of amides is 1. The molecule has 22 heavy (non-hydrogen) atoms. The first-order chi connectivity index (χ1) is 10.4. The van der Waals surface area contributed by atoms with Gasteiger partial charge in [0, 0.05) is 32.3 Å². The summed E-state index contributed by atoms with van der Waals surface area (Å²) in [5, 5.41) is 3.14. The minimum Gasteiger partial charge on any atom is -0.349 e. The third-order valence-corrected chi connectivity index (χ3v) is 6.61. The zero-order valence-electron chi connectivity index (χ0n) is 12.9. The first-order valence-corrected chi connectivity index (χ1v) is 9.14. The number of nitrogens with one attached hydrogen (secondary N) is 1. The first-order valence-electron chi connectivity index (χ1n) is 7.70. The molecule has 1 amide bonds. The topological polar surface area (TPSA) is 84.3 Å². The smallest absolute Gasteiger partial charge is 0.262 e. The van der Waals surface area contributed by atoms with E-state index in [0.717, 1.165) is 12.8 Å². The molecular formula is C14H22N4O3S. The second-order valence-corrected chi connectivity index (χ2v) is 8.06. The highest BCUT2D eigenvalue weighted by atomic mass is 32.2. The summed E-state index contributed by atoms with van der Waals surface area (Å²) in [5.41, 5.74) is -0.411. The van der Waals surface area contributed by atoms with E-state index in [1.54, 1.807) is 15.9 Å². The van der Waals surface area contributed by atoms with Gasteiger partial charge in [0.15, 0.2) is 5.03 Å². The van der Waals surface area contributed by atoms with Crippen LogP contribution in [0.4, 0.5) is 0 Å². The first kappa shape index (κ1) is 15.5. The van der Waals surface area contributed by atoms with Crippen LogP contribution in [0.5, 0.6) is 0 Å². The standard InChI is InChI=1S/C14H22N4O3S/c1-3-11-14(7-5-12(19)16-14)6-4-8-18(11)22(20,21)13-9-17(2)10-15-13/h9-11H,3-8H2,1-2H3,(H,16,19)/t11-,14-/m0/s1. The fourth-order valence-electron chi connectivity index (χ4n) is 3.85. The Kier molecular flexibility index (Phi) is 3.76. The summed E-state index contributed by atoms with van der Waals surface area (Å²) >= 11 is 0. The number of rotatable bonds is 3. The molecule has 0 bridgehead atoms. The van der Waals surface area contributed by atoms with Gasteiger partial charge < -0.3 is 9.88 Å². The molecule has 0 aromatic carbocycles. The second-order valence-electron chi connectivity index (χ2n) is 6.23. The maximum Gasteiger partial charge on any atom is 0.262 e. The lowest BCUT2D eigenvalue weighted by Crippen LogP contribution is -2.62. The Morgan fingerprint density at radius 2 is 2.23 bits per heavy atom. The van der Waals surface area contributed by atoms with E-state index in [4.69, 9.17) is 0 Å². The fraction of sp³-hybridized carbons (Fsp3) is 0.714.